The van der Waals surface area contributed by atoms with Crippen LogP contribution in [0.1, 0.15) is 37.9 Å². The highest BCUT2D eigenvalue weighted by atomic mass is 19.1. The van der Waals surface area contributed by atoms with Gasteiger partial charge in [0.15, 0.2) is 29.0 Å². The standard InChI is InChI=1S/C20H25F2N6O/c1-10(2)14-8-18(27-26-14)25-16(23)9-17(24)29-20-13(21)7-15-12(19(20)22)6-11(3)28(15,4)5/h6-10H,24H2,1-5H3,(H3,23,25,26,27)/q+1. The van der Waals surface area contributed by atoms with Crippen molar-refractivity contribution < 1.29 is 13.5 Å². The number of rotatable bonds is 5. The third kappa shape index (κ3) is 3.86. The highest BCUT2D eigenvalue weighted by molar-refractivity contribution is 5.93. The molecule has 1 aliphatic heterocycles. The predicted octanol–water partition coefficient (Wildman–Crippen LogP) is 3.62. The molecule has 0 radical (unpaired) electrons. The third-order valence-electron chi connectivity index (χ3n) is 4.99. The minimum Gasteiger partial charge on any atom is -0.435 e. The number of aromatic nitrogens is 2. The Balaban J connectivity index is 1.86. The van der Waals surface area contributed by atoms with E-state index in [1.54, 1.807) is 12.1 Å². The molecule has 0 bridgehead atoms. The van der Waals surface area contributed by atoms with E-state index >= 15 is 0 Å². The molecule has 1 aliphatic rings. The molecule has 7 nitrogen and oxygen atoms in total. The summed E-state index contributed by atoms with van der Waals surface area (Å²) in [5, 5.41) is 6.88. The molecule has 2 aromatic rings. The zero-order valence-electron chi connectivity index (χ0n) is 17.0. The number of benzene rings is 1. The lowest BCUT2D eigenvalue weighted by atomic mass is 10.1. The molecular formula is C20H25F2N6O+. The quantitative estimate of drug-likeness (QED) is 0.307. The van der Waals surface area contributed by atoms with Crippen LogP contribution in [0.3, 0.4) is 0 Å². The smallest absolute Gasteiger partial charge is 0.201 e. The number of ether oxygens (including phenoxy) is 1. The van der Waals surface area contributed by atoms with Crippen molar-refractivity contribution >= 4 is 23.4 Å². The summed E-state index contributed by atoms with van der Waals surface area (Å²) in [6, 6.07) is 3.00. The Morgan fingerprint density at radius 3 is 2.59 bits per heavy atom. The SMILES string of the molecule is CC1=Cc2c(cc(F)c(OC(N)=CC(N)=Nc3cc(C(C)C)[nH]n3)c2F)[N+]1(C)C. The summed E-state index contributed by atoms with van der Waals surface area (Å²) in [6.45, 7) is 5.86. The number of hydrogen-bond acceptors (Lipinski definition) is 4. The van der Waals surface area contributed by atoms with Gasteiger partial charge in [0.2, 0.25) is 5.75 Å². The fourth-order valence-corrected chi connectivity index (χ4v) is 2.99. The van der Waals surface area contributed by atoms with E-state index in [9.17, 15) is 8.78 Å². The summed E-state index contributed by atoms with van der Waals surface area (Å²) in [7, 11) is 3.70. The third-order valence-corrected chi connectivity index (χ3v) is 4.99. The normalized spacial score (nSPS) is 16.2. The van der Waals surface area contributed by atoms with Crippen molar-refractivity contribution in [3.8, 4) is 5.75 Å². The molecule has 0 saturated heterocycles. The van der Waals surface area contributed by atoms with E-state index in [4.69, 9.17) is 16.2 Å². The summed E-state index contributed by atoms with van der Waals surface area (Å²) < 4.78 is 34.9. The zero-order chi connectivity index (χ0) is 21.5. The van der Waals surface area contributed by atoms with E-state index in [1.165, 1.54) is 12.1 Å². The average molecular weight is 403 g/mol. The van der Waals surface area contributed by atoms with Gasteiger partial charge in [-0.15, -0.1) is 0 Å². The second-order valence-electron chi connectivity index (χ2n) is 7.70. The topological polar surface area (TPSA) is 102 Å². The highest BCUT2D eigenvalue weighted by Crippen LogP contribution is 2.42. The largest absolute Gasteiger partial charge is 0.435 e. The molecule has 154 valence electrons. The average Bonchev–Trinajstić information content (AvgIpc) is 3.16. The first-order valence-electron chi connectivity index (χ1n) is 9.10. The van der Waals surface area contributed by atoms with E-state index in [2.05, 4.69) is 15.2 Å². The van der Waals surface area contributed by atoms with Gasteiger partial charge in [-0.2, -0.15) is 5.10 Å². The first-order chi connectivity index (χ1) is 13.5. The molecular weight excluding hydrogens is 378 g/mol. The van der Waals surface area contributed by atoms with Crippen LogP contribution in [0.25, 0.3) is 6.08 Å². The molecule has 0 saturated carbocycles. The number of nitrogens with one attached hydrogen (secondary N) is 1. The van der Waals surface area contributed by atoms with Gasteiger partial charge in [0.1, 0.15) is 11.5 Å². The first kappa shape index (κ1) is 20.5. The molecule has 9 heteroatoms. The Labute approximate surface area is 168 Å². The van der Waals surface area contributed by atoms with E-state index < -0.39 is 17.4 Å². The number of nitrogens with zero attached hydrogens (tertiary/aromatic N) is 3. The number of fused-ring (bicyclic) bond motifs is 1. The molecule has 5 N–H and O–H groups in total. The molecule has 29 heavy (non-hydrogen) atoms. The number of nitrogens with two attached hydrogens (primary N) is 2. The van der Waals surface area contributed by atoms with Crippen molar-refractivity contribution in [3.63, 3.8) is 0 Å². The van der Waals surface area contributed by atoms with Gasteiger partial charge >= 0.3 is 0 Å². The van der Waals surface area contributed by atoms with Crippen molar-refractivity contribution in [2.24, 2.45) is 16.5 Å². The van der Waals surface area contributed by atoms with Gasteiger partial charge in [0.05, 0.1) is 19.7 Å². The van der Waals surface area contributed by atoms with Gasteiger partial charge in [0, 0.05) is 36.9 Å². The summed E-state index contributed by atoms with van der Waals surface area (Å²) in [6.07, 6.45) is 2.84. The van der Waals surface area contributed by atoms with Crippen LogP contribution in [0, 0.1) is 11.6 Å². The van der Waals surface area contributed by atoms with Crippen LogP contribution < -0.4 is 20.7 Å². The van der Waals surface area contributed by atoms with Crippen LogP contribution in [0.5, 0.6) is 5.75 Å². The van der Waals surface area contributed by atoms with Crippen LogP contribution >= 0.6 is 0 Å². The van der Waals surface area contributed by atoms with Gasteiger partial charge < -0.3 is 16.2 Å². The van der Waals surface area contributed by atoms with E-state index in [0.29, 0.717) is 11.5 Å². The summed E-state index contributed by atoms with van der Waals surface area (Å²) in [5.74, 6) is -1.94. The number of aromatic amines is 1. The summed E-state index contributed by atoms with van der Waals surface area (Å²) in [5.41, 5.74) is 14.2. The molecule has 2 heterocycles. The molecule has 0 atom stereocenters. The number of aliphatic imine (C=N–C) groups is 1. The number of H-pyrrole nitrogens is 1. The highest BCUT2D eigenvalue weighted by Gasteiger charge is 2.36. The molecule has 0 fully saturated rings. The molecule has 0 unspecified atom stereocenters. The maximum atomic E-state index is 14.9. The number of quaternary nitrogens is 1. The van der Waals surface area contributed by atoms with Crippen LogP contribution in [0.15, 0.2) is 34.8 Å². The van der Waals surface area contributed by atoms with E-state index in [1.807, 2.05) is 34.9 Å². The Morgan fingerprint density at radius 2 is 1.97 bits per heavy atom. The number of hydrogen-bond donors (Lipinski definition) is 3. The fourth-order valence-electron chi connectivity index (χ4n) is 2.99. The second-order valence-corrected chi connectivity index (χ2v) is 7.70. The predicted molar refractivity (Wildman–Crippen MR) is 111 cm³/mol. The Bertz CT molecular complexity index is 1050. The first-order valence-corrected chi connectivity index (χ1v) is 9.10. The molecule has 1 aromatic carbocycles. The number of halogens is 2. The van der Waals surface area contributed by atoms with Gasteiger partial charge in [-0.1, -0.05) is 13.8 Å². The van der Waals surface area contributed by atoms with Crippen LogP contribution in [0.2, 0.25) is 0 Å². The van der Waals surface area contributed by atoms with Gasteiger partial charge in [0.25, 0.3) is 0 Å². The van der Waals surface area contributed by atoms with Crippen molar-refractivity contribution in [1.29, 1.82) is 0 Å². The Kier molecular flexibility index (Phi) is 5.18. The minimum atomic E-state index is -0.851. The molecule has 3 rings (SSSR count). The van der Waals surface area contributed by atoms with Crippen molar-refractivity contribution in [3.05, 3.63) is 52.7 Å². The molecule has 1 aromatic heterocycles. The van der Waals surface area contributed by atoms with Crippen LogP contribution in [-0.4, -0.2) is 30.1 Å². The lowest BCUT2D eigenvalue weighted by Crippen LogP contribution is -2.36. The maximum Gasteiger partial charge on any atom is 0.201 e. The minimum absolute atomic E-state index is 0.0141. The van der Waals surface area contributed by atoms with Crippen LogP contribution in [-0.2, 0) is 0 Å². The Hall–Kier alpha value is -3.20. The van der Waals surface area contributed by atoms with Crippen molar-refractivity contribution in [2.45, 2.75) is 26.7 Å². The van der Waals surface area contributed by atoms with E-state index in [0.717, 1.165) is 11.4 Å². The van der Waals surface area contributed by atoms with Gasteiger partial charge in [-0.05, 0) is 5.92 Å². The summed E-state index contributed by atoms with van der Waals surface area (Å²) in [4.78, 5) is 4.09. The lowest BCUT2D eigenvalue weighted by molar-refractivity contribution is 0.364. The molecule has 0 amide bonds. The van der Waals surface area contributed by atoms with Crippen LogP contribution in [0.4, 0.5) is 20.3 Å². The zero-order valence-corrected chi connectivity index (χ0v) is 17.0. The number of amidine groups is 1. The van der Waals surface area contributed by atoms with Gasteiger partial charge in [-0.3, -0.25) is 9.58 Å². The Morgan fingerprint density at radius 1 is 1.28 bits per heavy atom. The fraction of sp³-hybridized carbons (Fsp3) is 0.300. The van der Waals surface area contributed by atoms with E-state index in [-0.39, 0.29) is 27.7 Å². The summed E-state index contributed by atoms with van der Waals surface area (Å²) >= 11 is 0. The molecule has 0 aliphatic carbocycles. The van der Waals surface area contributed by atoms with Crippen molar-refractivity contribution in [1.82, 2.24) is 14.7 Å². The van der Waals surface area contributed by atoms with Gasteiger partial charge in [-0.25, -0.2) is 13.8 Å². The van der Waals surface area contributed by atoms with Crippen molar-refractivity contribution in [2.75, 3.05) is 14.1 Å². The number of allylic oxidation sites excluding steroid dienone is 1. The molecule has 0 spiro atoms. The maximum absolute atomic E-state index is 14.9. The second kappa shape index (κ2) is 7.32. The monoisotopic (exact) mass is 403 g/mol. The lowest BCUT2D eigenvalue weighted by Gasteiger charge is -2.26.